The third-order valence-corrected chi connectivity index (χ3v) is 4.99. The van der Waals surface area contributed by atoms with Crippen molar-refractivity contribution in [3.63, 3.8) is 0 Å². The fourth-order valence-corrected chi connectivity index (χ4v) is 3.76. The molecule has 4 heteroatoms. The van der Waals surface area contributed by atoms with Gasteiger partial charge in [0, 0.05) is 25.2 Å². The summed E-state index contributed by atoms with van der Waals surface area (Å²) in [6, 6.07) is 10.4. The van der Waals surface area contributed by atoms with E-state index in [0.717, 1.165) is 31.1 Å². The zero-order valence-corrected chi connectivity index (χ0v) is 13.1. The number of nitrogens with zero attached hydrogens (tertiary/aromatic N) is 1. The summed E-state index contributed by atoms with van der Waals surface area (Å²) in [6.07, 6.45) is 5.78. The maximum Gasteiger partial charge on any atom is 0.223 e. The molecular weight excluding hydrogens is 276 g/mol. The highest BCUT2D eigenvalue weighted by Gasteiger charge is 2.30. The average Bonchev–Trinajstić information content (AvgIpc) is 3.19. The van der Waals surface area contributed by atoms with Crippen molar-refractivity contribution in [3.05, 3.63) is 35.9 Å². The number of hydrogen-bond acceptors (Lipinski definition) is 3. The van der Waals surface area contributed by atoms with E-state index in [4.69, 9.17) is 0 Å². The van der Waals surface area contributed by atoms with E-state index in [1.165, 1.54) is 25.7 Å². The number of benzene rings is 1. The van der Waals surface area contributed by atoms with Crippen LogP contribution >= 0.6 is 0 Å². The Morgan fingerprint density at radius 1 is 1.23 bits per heavy atom. The molecule has 1 aliphatic carbocycles. The number of carbonyl (C=O) groups excluding carboxylic acids is 1. The monoisotopic (exact) mass is 302 g/mol. The summed E-state index contributed by atoms with van der Waals surface area (Å²) in [7, 11) is 0. The highest BCUT2D eigenvalue weighted by molar-refractivity contribution is 5.77. The molecule has 1 saturated heterocycles. The van der Waals surface area contributed by atoms with Crippen LogP contribution in [0.2, 0.25) is 0 Å². The Kier molecular flexibility index (Phi) is 5.11. The molecule has 4 nitrogen and oxygen atoms in total. The van der Waals surface area contributed by atoms with Crippen LogP contribution < -0.4 is 5.32 Å². The molecule has 3 rings (SSSR count). The first-order valence-electron chi connectivity index (χ1n) is 8.49. The van der Waals surface area contributed by atoms with E-state index < -0.39 is 6.10 Å². The van der Waals surface area contributed by atoms with E-state index in [0.29, 0.717) is 0 Å². The molecule has 0 aromatic heterocycles. The van der Waals surface area contributed by atoms with E-state index in [-0.39, 0.29) is 18.4 Å². The van der Waals surface area contributed by atoms with Crippen LogP contribution in [0.25, 0.3) is 0 Å². The number of nitrogens with one attached hydrogen (secondary N) is 1. The predicted octanol–water partition coefficient (Wildman–Crippen LogP) is 2.24. The van der Waals surface area contributed by atoms with Crippen LogP contribution in [0.1, 0.15) is 50.2 Å². The van der Waals surface area contributed by atoms with Crippen LogP contribution in [0.5, 0.6) is 0 Å². The van der Waals surface area contributed by atoms with Crippen LogP contribution in [0.3, 0.4) is 0 Å². The third kappa shape index (κ3) is 3.87. The number of aliphatic hydroxyl groups is 1. The van der Waals surface area contributed by atoms with Gasteiger partial charge in [-0.15, -0.1) is 0 Å². The largest absolute Gasteiger partial charge is 0.388 e. The van der Waals surface area contributed by atoms with E-state index in [2.05, 4.69) is 10.2 Å². The molecule has 0 bridgehead atoms. The average molecular weight is 302 g/mol. The molecule has 1 aromatic carbocycles. The van der Waals surface area contributed by atoms with E-state index in [1.54, 1.807) is 0 Å². The van der Waals surface area contributed by atoms with Crippen molar-refractivity contribution in [1.82, 2.24) is 10.2 Å². The van der Waals surface area contributed by atoms with Crippen LogP contribution in [-0.2, 0) is 4.79 Å². The fraction of sp³-hybridized carbons (Fsp3) is 0.611. The Morgan fingerprint density at radius 3 is 2.68 bits per heavy atom. The highest BCUT2D eigenvalue weighted by Crippen LogP contribution is 2.26. The van der Waals surface area contributed by atoms with Crippen LogP contribution in [0.4, 0.5) is 0 Å². The molecule has 1 aliphatic heterocycles. The van der Waals surface area contributed by atoms with Gasteiger partial charge in [-0.05, 0) is 24.8 Å². The summed E-state index contributed by atoms with van der Waals surface area (Å²) in [5, 5.41) is 13.2. The van der Waals surface area contributed by atoms with Gasteiger partial charge in [-0.1, -0.05) is 43.2 Å². The van der Waals surface area contributed by atoms with Gasteiger partial charge >= 0.3 is 0 Å². The van der Waals surface area contributed by atoms with Gasteiger partial charge in [-0.2, -0.15) is 0 Å². The zero-order valence-electron chi connectivity index (χ0n) is 13.1. The van der Waals surface area contributed by atoms with Crippen molar-refractivity contribution in [1.29, 1.82) is 0 Å². The van der Waals surface area contributed by atoms with Gasteiger partial charge in [0.15, 0.2) is 0 Å². The number of aliphatic hydroxyl groups excluding tert-OH is 1. The molecule has 22 heavy (non-hydrogen) atoms. The number of rotatable bonds is 5. The van der Waals surface area contributed by atoms with Gasteiger partial charge in [0.25, 0.3) is 0 Å². The lowest BCUT2D eigenvalue weighted by molar-refractivity contribution is -0.123. The second-order valence-corrected chi connectivity index (χ2v) is 6.62. The predicted molar refractivity (Wildman–Crippen MR) is 86.4 cm³/mol. The van der Waals surface area contributed by atoms with Gasteiger partial charge in [0.2, 0.25) is 5.91 Å². The van der Waals surface area contributed by atoms with E-state index in [9.17, 15) is 9.90 Å². The third-order valence-electron chi connectivity index (χ3n) is 4.99. The Morgan fingerprint density at radius 2 is 1.95 bits per heavy atom. The SMILES string of the molecule is O=C(CC(O)c1ccccc1)NC1CCN(C2CCCC2)C1. The second kappa shape index (κ2) is 7.25. The lowest BCUT2D eigenvalue weighted by Crippen LogP contribution is -2.39. The van der Waals surface area contributed by atoms with Crippen molar-refractivity contribution >= 4 is 5.91 Å². The second-order valence-electron chi connectivity index (χ2n) is 6.62. The molecule has 2 aliphatic rings. The molecule has 0 spiro atoms. The van der Waals surface area contributed by atoms with Crippen molar-refractivity contribution < 1.29 is 9.90 Å². The minimum atomic E-state index is -0.714. The van der Waals surface area contributed by atoms with Crippen molar-refractivity contribution in [2.24, 2.45) is 0 Å². The first-order chi connectivity index (χ1) is 10.7. The summed E-state index contributed by atoms with van der Waals surface area (Å²) in [6.45, 7) is 2.06. The van der Waals surface area contributed by atoms with E-state index >= 15 is 0 Å². The first-order valence-corrected chi connectivity index (χ1v) is 8.49. The van der Waals surface area contributed by atoms with Crippen LogP contribution in [0.15, 0.2) is 30.3 Å². The molecule has 120 valence electrons. The van der Waals surface area contributed by atoms with Crippen LogP contribution in [0, 0.1) is 0 Å². The normalized spacial score (nSPS) is 24.5. The van der Waals surface area contributed by atoms with Crippen LogP contribution in [-0.4, -0.2) is 41.1 Å². The van der Waals surface area contributed by atoms with Gasteiger partial charge in [0.1, 0.15) is 0 Å². The molecule has 1 heterocycles. The summed E-state index contributed by atoms with van der Waals surface area (Å²) in [4.78, 5) is 14.7. The van der Waals surface area contributed by atoms with Crippen molar-refractivity contribution in [2.75, 3.05) is 13.1 Å². The van der Waals surface area contributed by atoms with E-state index in [1.807, 2.05) is 30.3 Å². The topological polar surface area (TPSA) is 52.6 Å². The Bertz CT molecular complexity index is 485. The highest BCUT2D eigenvalue weighted by atomic mass is 16.3. The zero-order chi connectivity index (χ0) is 15.4. The molecule has 0 radical (unpaired) electrons. The first kappa shape index (κ1) is 15.5. The summed E-state index contributed by atoms with van der Waals surface area (Å²) >= 11 is 0. The molecule has 2 unspecified atom stereocenters. The van der Waals surface area contributed by atoms with Crippen molar-refractivity contribution in [3.8, 4) is 0 Å². The Balaban J connectivity index is 1.44. The molecule has 1 aromatic rings. The smallest absolute Gasteiger partial charge is 0.223 e. The molecule has 2 N–H and O–H groups in total. The van der Waals surface area contributed by atoms with Gasteiger partial charge in [-0.25, -0.2) is 0 Å². The number of hydrogen-bond donors (Lipinski definition) is 2. The standard InChI is InChI=1S/C18H26N2O2/c21-17(14-6-2-1-3-7-14)12-18(22)19-15-10-11-20(13-15)16-8-4-5-9-16/h1-3,6-7,15-17,21H,4-5,8-13H2,(H,19,22). The fourth-order valence-electron chi connectivity index (χ4n) is 3.76. The van der Waals surface area contributed by atoms with Crippen molar-refractivity contribution in [2.45, 2.75) is 56.7 Å². The van der Waals surface area contributed by atoms with Gasteiger partial charge in [0.05, 0.1) is 12.5 Å². The Labute approximate surface area is 132 Å². The molecule has 2 fully saturated rings. The minimum Gasteiger partial charge on any atom is -0.388 e. The summed E-state index contributed by atoms with van der Waals surface area (Å²) in [5.41, 5.74) is 0.802. The van der Waals surface area contributed by atoms with Gasteiger partial charge < -0.3 is 10.4 Å². The quantitative estimate of drug-likeness (QED) is 0.877. The lowest BCUT2D eigenvalue weighted by Gasteiger charge is -2.23. The number of likely N-dealkylation sites (tertiary alicyclic amines) is 1. The maximum atomic E-state index is 12.1. The van der Waals surface area contributed by atoms with Gasteiger partial charge in [-0.3, -0.25) is 9.69 Å². The molecule has 2 atom stereocenters. The molecule has 1 saturated carbocycles. The number of carbonyl (C=O) groups is 1. The summed E-state index contributed by atoms with van der Waals surface area (Å²) < 4.78 is 0. The summed E-state index contributed by atoms with van der Waals surface area (Å²) in [5.74, 6) is -0.0466. The number of amides is 1. The Hall–Kier alpha value is -1.39. The molecular formula is C18H26N2O2. The minimum absolute atomic E-state index is 0.0466. The molecule has 1 amide bonds. The lowest BCUT2D eigenvalue weighted by atomic mass is 10.1. The maximum absolute atomic E-state index is 12.1.